The maximum Gasteiger partial charge on any atom is 0.357 e. The number of benzene rings is 2. The Morgan fingerprint density at radius 1 is 0.868 bits per heavy atom. The van der Waals surface area contributed by atoms with Crippen LogP contribution in [0, 0.1) is 0 Å². The zero-order chi connectivity index (χ0) is 27.8. The van der Waals surface area contributed by atoms with E-state index >= 15 is 0 Å². The van der Waals surface area contributed by atoms with Crippen molar-refractivity contribution in [2.75, 3.05) is 5.01 Å². The summed E-state index contributed by atoms with van der Waals surface area (Å²) in [6.45, 7) is 0. The van der Waals surface area contributed by atoms with Crippen molar-refractivity contribution < 1.29 is 45.7 Å². The molecule has 3 aromatic rings. The second-order valence-corrected chi connectivity index (χ2v) is 10.4. The normalized spacial score (nSPS) is 15.4. The first-order valence-electron chi connectivity index (χ1n) is 10.2. The molecule has 1 aliphatic rings. The largest absolute Gasteiger partial charge is 0.493 e. The fraction of sp³-hybridized carbons (Fsp3) is 0. The molecule has 0 fully saturated rings. The molecule has 1 aromatic heterocycles. The minimum atomic E-state index is -4.47. The van der Waals surface area contributed by atoms with E-state index in [4.69, 9.17) is 9.11 Å². The van der Waals surface area contributed by atoms with E-state index in [9.17, 15) is 36.6 Å². The molecule has 1 amide bonds. The first-order chi connectivity index (χ1) is 17.8. The van der Waals surface area contributed by atoms with Crippen LogP contribution in [0.15, 0.2) is 87.3 Å². The predicted octanol–water partition coefficient (Wildman–Crippen LogP) is 1.50. The van der Waals surface area contributed by atoms with Gasteiger partial charge in [-0.2, -0.15) is 32.0 Å². The molecule has 196 valence electrons. The lowest BCUT2D eigenvalue weighted by molar-refractivity contribution is -0.129. The molecule has 0 aliphatic carbocycles. The SMILES string of the molecule is O=C(O)C1=NN(c2ccc(S(=O)(=O)O)cc2)C(=O)/C1=C\C=C\c1cnn(-c2ccc(S(=O)(=O)O)cc2)c1O. The van der Waals surface area contributed by atoms with E-state index in [1.54, 1.807) is 0 Å². The maximum atomic E-state index is 12.9. The van der Waals surface area contributed by atoms with Crippen molar-refractivity contribution in [2.45, 2.75) is 9.79 Å². The van der Waals surface area contributed by atoms with Gasteiger partial charge in [-0.05, 0) is 60.7 Å². The third kappa shape index (κ3) is 5.23. The number of carboxylic acids is 1. The van der Waals surface area contributed by atoms with Crippen LogP contribution in [0.25, 0.3) is 11.8 Å². The van der Waals surface area contributed by atoms with Gasteiger partial charge in [0.05, 0.1) is 38.5 Å². The van der Waals surface area contributed by atoms with Gasteiger partial charge in [-0.1, -0.05) is 6.08 Å². The quantitative estimate of drug-likeness (QED) is 0.240. The Labute approximate surface area is 214 Å². The zero-order valence-corrected chi connectivity index (χ0v) is 20.4. The number of aliphatic carboxylic acids is 1. The number of aromatic nitrogens is 2. The van der Waals surface area contributed by atoms with Crippen molar-refractivity contribution in [3.63, 3.8) is 0 Å². The van der Waals surface area contributed by atoms with Gasteiger partial charge in [0.15, 0.2) is 5.71 Å². The second-order valence-electron chi connectivity index (χ2n) is 7.58. The fourth-order valence-electron chi connectivity index (χ4n) is 3.33. The second kappa shape index (κ2) is 9.67. The monoisotopic (exact) mass is 560 g/mol. The molecule has 0 unspecified atom stereocenters. The molecule has 2 heterocycles. The summed E-state index contributed by atoms with van der Waals surface area (Å²) in [5.74, 6) is -2.69. The van der Waals surface area contributed by atoms with Crippen LogP contribution in [-0.4, -0.2) is 63.5 Å². The molecule has 4 rings (SSSR count). The van der Waals surface area contributed by atoms with Gasteiger partial charge in [-0.25, -0.2) is 9.48 Å². The highest BCUT2D eigenvalue weighted by Crippen LogP contribution is 2.26. The summed E-state index contributed by atoms with van der Waals surface area (Å²) in [6, 6.07) is 9.20. The van der Waals surface area contributed by atoms with E-state index in [0.29, 0.717) is 0 Å². The Morgan fingerprint density at radius 2 is 1.39 bits per heavy atom. The van der Waals surface area contributed by atoms with Gasteiger partial charge in [0.25, 0.3) is 26.1 Å². The molecule has 1 aliphatic heterocycles. The Hall–Kier alpha value is -4.64. The Bertz CT molecular complexity index is 1750. The molecule has 0 atom stereocenters. The molecule has 2 aromatic carbocycles. The number of allylic oxidation sites excluding steroid dienone is 2. The molecular formula is C22H16N4O10S2. The van der Waals surface area contributed by atoms with Gasteiger partial charge in [0, 0.05) is 0 Å². The van der Waals surface area contributed by atoms with E-state index in [0.717, 1.165) is 52.2 Å². The number of rotatable bonds is 7. The van der Waals surface area contributed by atoms with Gasteiger partial charge in [-0.3, -0.25) is 13.9 Å². The summed E-state index contributed by atoms with van der Waals surface area (Å²) in [7, 11) is -8.87. The number of carbonyl (C=O) groups is 2. The molecule has 14 nitrogen and oxygen atoms in total. The van der Waals surface area contributed by atoms with Crippen LogP contribution in [0.2, 0.25) is 0 Å². The van der Waals surface area contributed by atoms with Gasteiger partial charge in [0.2, 0.25) is 5.88 Å². The van der Waals surface area contributed by atoms with E-state index in [1.807, 2.05) is 0 Å². The summed E-state index contributed by atoms with van der Waals surface area (Å²) in [5, 5.41) is 28.5. The first kappa shape index (κ1) is 26.4. The van der Waals surface area contributed by atoms with Crippen LogP contribution < -0.4 is 5.01 Å². The van der Waals surface area contributed by atoms with Crippen LogP contribution in [0.4, 0.5) is 5.69 Å². The number of carbonyl (C=O) groups excluding carboxylic acids is 1. The Balaban J connectivity index is 1.59. The van der Waals surface area contributed by atoms with E-state index < -0.39 is 42.7 Å². The fourth-order valence-corrected chi connectivity index (χ4v) is 4.29. The number of hydrazone groups is 1. The molecule has 0 spiro atoms. The van der Waals surface area contributed by atoms with Crippen LogP contribution in [-0.2, 0) is 29.8 Å². The minimum Gasteiger partial charge on any atom is -0.493 e. The molecule has 0 bridgehead atoms. The van der Waals surface area contributed by atoms with Crippen molar-refractivity contribution in [1.29, 1.82) is 0 Å². The summed E-state index contributed by atoms with van der Waals surface area (Å²) in [6.07, 6.45) is 5.01. The highest BCUT2D eigenvalue weighted by atomic mass is 32.2. The zero-order valence-electron chi connectivity index (χ0n) is 18.8. The molecule has 0 saturated heterocycles. The molecule has 4 N–H and O–H groups in total. The van der Waals surface area contributed by atoms with E-state index in [-0.39, 0.29) is 33.3 Å². The van der Waals surface area contributed by atoms with E-state index in [1.165, 1.54) is 30.5 Å². The van der Waals surface area contributed by atoms with Crippen LogP contribution in [0.5, 0.6) is 5.88 Å². The number of carboxylic acid groups (broad SMARTS) is 1. The number of aromatic hydroxyl groups is 1. The molecule has 16 heteroatoms. The summed E-state index contributed by atoms with van der Waals surface area (Å²) in [4.78, 5) is 23.7. The molecule has 38 heavy (non-hydrogen) atoms. The van der Waals surface area contributed by atoms with Crippen molar-refractivity contribution in [3.8, 4) is 11.6 Å². The molecule has 0 radical (unpaired) electrons. The first-order valence-corrected chi connectivity index (χ1v) is 13.1. The topological polar surface area (TPSA) is 217 Å². The third-order valence-corrected chi connectivity index (χ3v) is 6.88. The summed E-state index contributed by atoms with van der Waals surface area (Å²) < 4.78 is 64.0. The lowest BCUT2D eigenvalue weighted by Crippen LogP contribution is -2.22. The molecular weight excluding hydrogens is 544 g/mol. The predicted molar refractivity (Wildman–Crippen MR) is 131 cm³/mol. The van der Waals surface area contributed by atoms with Gasteiger partial charge < -0.3 is 10.2 Å². The van der Waals surface area contributed by atoms with Crippen LogP contribution >= 0.6 is 0 Å². The van der Waals surface area contributed by atoms with Crippen LogP contribution in [0.1, 0.15) is 5.56 Å². The van der Waals surface area contributed by atoms with Crippen molar-refractivity contribution >= 4 is 49.6 Å². The van der Waals surface area contributed by atoms with Gasteiger partial charge >= 0.3 is 5.97 Å². The Morgan fingerprint density at radius 3 is 1.89 bits per heavy atom. The third-order valence-electron chi connectivity index (χ3n) is 5.15. The summed E-state index contributed by atoms with van der Waals surface area (Å²) in [5.41, 5.74) is -0.405. The Kier molecular flexibility index (Phi) is 6.73. The van der Waals surface area contributed by atoms with E-state index in [2.05, 4.69) is 10.2 Å². The number of amides is 1. The number of nitrogens with zero attached hydrogens (tertiary/aromatic N) is 4. The highest BCUT2D eigenvalue weighted by Gasteiger charge is 2.34. The highest BCUT2D eigenvalue weighted by molar-refractivity contribution is 7.86. The number of hydrogen-bond donors (Lipinski definition) is 4. The number of anilines is 1. The number of hydrogen-bond acceptors (Lipinski definition) is 9. The molecule has 0 saturated carbocycles. The lowest BCUT2D eigenvalue weighted by Gasteiger charge is -2.11. The standard InChI is InChI=1S/C22H16N4O10S2/c27-20-13(12-23-25(20)14-4-8-16(9-5-14)37(31,32)33)2-1-3-18-19(22(29)30)24-26(21(18)28)15-6-10-17(11-7-15)38(34,35)36/h1-12,27H,(H,29,30)(H,31,32,33)(H,34,35,36)/b2-1+,18-3-. The minimum absolute atomic E-state index is 0.0486. The average molecular weight is 561 g/mol. The van der Waals surface area contributed by atoms with Crippen molar-refractivity contribution in [2.24, 2.45) is 5.10 Å². The van der Waals surface area contributed by atoms with Gasteiger partial charge in [-0.15, -0.1) is 0 Å². The van der Waals surface area contributed by atoms with Crippen molar-refractivity contribution in [3.05, 3.63) is 78.0 Å². The van der Waals surface area contributed by atoms with Crippen molar-refractivity contribution in [1.82, 2.24) is 9.78 Å². The average Bonchev–Trinajstić information content (AvgIpc) is 3.38. The van der Waals surface area contributed by atoms with Gasteiger partial charge in [0.1, 0.15) is 0 Å². The maximum absolute atomic E-state index is 12.9. The smallest absolute Gasteiger partial charge is 0.357 e. The lowest BCUT2D eigenvalue weighted by atomic mass is 10.1. The van der Waals surface area contributed by atoms with Crippen LogP contribution in [0.3, 0.4) is 0 Å². The summed E-state index contributed by atoms with van der Waals surface area (Å²) >= 11 is 0.